The summed E-state index contributed by atoms with van der Waals surface area (Å²) in [6.07, 6.45) is 0. The van der Waals surface area contributed by atoms with E-state index in [1.54, 1.807) is 12.1 Å². The molecule has 1 aliphatic rings. The highest BCUT2D eigenvalue weighted by molar-refractivity contribution is 9.10. The first-order valence-electron chi connectivity index (χ1n) is 6.65. The summed E-state index contributed by atoms with van der Waals surface area (Å²) in [4.78, 5) is 10.9. The summed E-state index contributed by atoms with van der Waals surface area (Å²) in [6.45, 7) is 5.19. The molecule has 2 heterocycles. The van der Waals surface area contributed by atoms with Gasteiger partial charge in [0, 0.05) is 17.0 Å². The van der Waals surface area contributed by atoms with Gasteiger partial charge < -0.3 is 19.1 Å². The Morgan fingerprint density at radius 2 is 2.00 bits per heavy atom. The molecule has 0 bridgehead atoms. The standard InChI is InChI=1S/C15H14BrNO5/c1-15(2)6-20-11-4-8(3-9(16)13(11)21-7-15)10-5-12(14(18)19)22-17-10/h3-5H,6-7H2,1-2H3,(H,18,19). The zero-order valence-electron chi connectivity index (χ0n) is 12.1. The van der Waals surface area contributed by atoms with Crippen molar-refractivity contribution in [2.24, 2.45) is 5.41 Å². The molecule has 1 aromatic heterocycles. The minimum absolute atomic E-state index is 0.0943. The van der Waals surface area contributed by atoms with Crippen molar-refractivity contribution < 1.29 is 23.9 Å². The number of carboxylic acids is 1. The van der Waals surface area contributed by atoms with Crippen LogP contribution in [0, 0.1) is 5.41 Å². The van der Waals surface area contributed by atoms with Crippen molar-refractivity contribution in [3.63, 3.8) is 0 Å². The molecule has 0 amide bonds. The van der Waals surface area contributed by atoms with Gasteiger partial charge in [-0.05, 0) is 28.1 Å². The monoisotopic (exact) mass is 367 g/mol. The largest absolute Gasteiger partial charge is 0.489 e. The van der Waals surface area contributed by atoms with Gasteiger partial charge in [-0.25, -0.2) is 4.79 Å². The van der Waals surface area contributed by atoms with Crippen molar-refractivity contribution in [2.75, 3.05) is 13.2 Å². The molecule has 0 atom stereocenters. The van der Waals surface area contributed by atoms with Crippen LogP contribution in [0.3, 0.4) is 0 Å². The fraction of sp³-hybridized carbons (Fsp3) is 0.333. The van der Waals surface area contributed by atoms with E-state index in [1.807, 2.05) is 0 Å². The number of carboxylic acid groups (broad SMARTS) is 1. The second-order valence-corrected chi connectivity index (χ2v) is 6.76. The van der Waals surface area contributed by atoms with Gasteiger partial charge >= 0.3 is 5.97 Å². The summed E-state index contributed by atoms with van der Waals surface area (Å²) >= 11 is 3.46. The lowest BCUT2D eigenvalue weighted by atomic mass is 9.97. The van der Waals surface area contributed by atoms with Gasteiger partial charge in [-0.1, -0.05) is 19.0 Å². The maximum atomic E-state index is 10.9. The predicted molar refractivity (Wildman–Crippen MR) is 81.4 cm³/mol. The molecular weight excluding hydrogens is 354 g/mol. The third-order valence-corrected chi connectivity index (χ3v) is 3.84. The average molecular weight is 368 g/mol. The fourth-order valence-corrected chi connectivity index (χ4v) is 2.61. The summed E-state index contributed by atoms with van der Waals surface area (Å²) in [5.41, 5.74) is 1.02. The molecule has 0 radical (unpaired) electrons. The Kier molecular flexibility index (Phi) is 3.60. The summed E-state index contributed by atoms with van der Waals surface area (Å²) < 4.78 is 17.2. The Morgan fingerprint density at radius 1 is 1.27 bits per heavy atom. The summed E-state index contributed by atoms with van der Waals surface area (Å²) in [5.74, 6) is -0.139. The van der Waals surface area contributed by atoms with E-state index in [0.717, 1.165) is 4.47 Å². The third-order valence-electron chi connectivity index (χ3n) is 3.25. The fourth-order valence-electron chi connectivity index (χ4n) is 2.06. The van der Waals surface area contributed by atoms with Gasteiger partial charge in [-0.2, -0.15) is 0 Å². The first-order valence-corrected chi connectivity index (χ1v) is 7.44. The van der Waals surface area contributed by atoms with Crippen LogP contribution in [-0.4, -0.2) is 29.4 Å². The molecule has 0 spiro atoms. The molecule has 2 aromatic rings. The van der Waals surface area contributed by atoms with Crippen LogP contribution in [0.1, 0.15) is 24.4 Å². The zero-order chi connectivity index (χ0) is 15.9. The van der Waals surface area contributed by atoms with Crippen molar-refractivity contribution in [3.05, 3.63) is 28.4 Å². The second kappa shape index (κ2) is 5.31. The van der Waals surface area contributed by atoms with Crippen molar-refractivity contribution in [1.29, 1.82) is 0 Å². The van der Waals surface area contributed by atoms with E-state index < -0.39 is 5.97 Å². The van der Waals surface area contributed by atoms with Crippen LogP contribution in [0.15, 0.2) is 27.2 Å². The predicted octanol–water partition coefficient (Wildman–Crippen LogP) is 3.60. The number of carbonyl (C=O) groups is 1. The molecule has 22 heavy (non-hydrogen) atoms. The van der Waals surface area contributed by atoms with Gasteiger partial charge in [0.2, 0.25) is 5.76 Å². The molecule has 7 heteroatoms. The summed E-state index contributed by atoms with van der Waals surface area (Å²) in [5, 5.41) is 12.7. The van der Waals surface area contributed by atoms with E-state index in [-0.39, 0.29) is 11.2 Å². The van der Waals surface area contributed by atoms with Crippen LogP contribution < -0.4 is 9.47 Å². The van der Waals surface area contributed by atoms with Gasteiger partial charge in [0.05, 0.1) is 17.7 Å². The average Bonchev–Trinajstić information content (AvgIpc) is 2.88. The lowest BCUT2D eigenvalue weighted by Crippen LogP contribution is -2.26. The quantitative estimate of drug-likeness (QED) is 0.872. The maximum absolute atomic E-state index is 10.9. The van der Waals surface area contributed by atoms with Crippen LogP contribution >= 0.6 is 15.9 Å². The number of halogens is 1. The Hall–Kier alpha value is -2.02. The number of benzene rings is 1. The molecule has 6 nitrogen and oxygen atoms in total. The van der Waals surface area contributed by atoms with Crippen LogP contribution in [-0.2, 0) is 0 Å². The topological polar surface area (TPSA) is 81.8 Å². The number of aromatic nitrogens is 1. The number of nitrogens with zero attached hydrogens (tertiary/aromatic N) is 1. The van der Waals surface area contributed by atoms with Crippen molar-refractivity contribution in [2.45, 2.75) is 13.8 Å². The molecule has 0 aliphatic carbocycles. The van der Waals surface area contributed by atoms with E-state index in [1.165, 1.54) is 6.07 Å². The lowest BCUT2D eigenvalue weighted by molar-refractivity contribution is 0.0652. The van der Waals surface area contributed by atoms with Crippen molar-refractivity contribution >= 4 is 21.9 Å². The van der Waals surface area contributed by atoms with Crippen molar-refractivity contribution in [1.82, 2.24) is 5.16 Å². The van der Waals surface area contributed by atoms with Crippen LogP contribution in [0.2, 0.25) is 0 Å². The van der Waals surface area contributed by atoms with Crippen molar-refractivity contribution in [3.8, 4) is 22.8 Å². The van der Waals surface area contributed by atoms with Gasteiger partial charge in [0.25, 0.3) is 0 Å². The zero-order valence-corrected chi connectivity index (χ0v) is 13.6. The van der Waals surface area contributed by atoms with Gasteiger partial charge in [0.1, 0.15) is 5.69 Å². The first-order chi connectivity index (χ1) is 10.4. The number of ether oxygens (including phenoxy) is 2. The number of fused-ring (bicyclic) bond motifs is 1. The van der Waals surface area contributed by atoms with Crippen LogP contribution in [0.25, 0.3) is 11.3 Å². The van der Waals surface area contributed by atoms with Gasteiger partial charge in [-0.3, -0.25) is 0 Å². The van der Waals surface area contributed by atoms with E-state index >= 15 is 0 Å². The third kappa shape index (κ3) is 2.81. The first kappa shape index (κ1) is 14.9. The molecule has 0 saturated heterocycles. The molecule has 0 fully saturated rings. The molecular formula is C15H14BrNO5. The lowest BCUT2D eigenvalue weighted by Gasteiger charge is -2.19. The maximum Gasteiger partial charge on any atom is 0.374 e. The minimum atomic E-state index is -1.16. The van der Waals surface area contributed by atoms with Gasteiger partial charge in [0.15, 0.2) is 11.5 Å². The number of hydrogen-bond donors (Lipinski definition) is 1. The highest BCUT2D eigenvalue weighted by Gasteiger charge is 2.27. The van der Waals surface area contributed by atoms with E-state index in [9.17, 15) is 4.79 Å². The normalized spacial score (nSPS) is 16.1. The number of rotatable bonds is 2. The molecule has 116 valence electrons. The number of aromatic carboxylic acids is 1. The van der Waals surface area contributed by atoms with E-state index in [4.69, 9.17) is 19.1 Å². The van der Waals surface area contributed by atoms with Crippen LogP contribution in [0.5, 0.6) is 11.5 Å². The molecule has 3 rings (SSSR count). The molecule has 1 aliphatic heterocycles. The van der Waals surface area contributed by atoms with E-state index in [2.05, 4.69) is 34.9 Å². The Bertz CT molecular complexity index is 738. The molecule has 0 saturated carbocycles. The van der Waals surface area contributed by atoms with E-state index in [0.29, 0.717) is 36.0 Å². The second-order valence-electron chi connectivity index (χ2n) is 5.91. The molecule has 1 N–H and O–H groups in total. The van der Waals surface area contributed by atoms with Gasteiger partial charge in [-0.15, -0.1) is 0 Å². The smallest absolute Gasteiger partial charge is 0.374 e. The highest BCUT2D eigenvalue weighted by atomic mass is 79.9. The Morgan fingerprint density at radius 3 is 2.68 bits per heavy atom. The molecule has 1 aromatic carbocycles. The van der Waals surface area contributed by atoms with Crippen LogP contribution in [0.4, 0.5) is 0 Å². The SMILES string of the molecule is CC1(C)COc2cc(-c3cc(C(=O)O)on3)cc(Br)c2OC1. The Labute approximate surface area is 135 Å². The number of hydrogen-bond acceptors (Lipinski definition) is 5. The minimum Gasteiger partial charge on any atom is -0.489 e. The summed E-state index contributed by atoms with van der Waals surface area (Å²) in [7, 11) is 0. The highest BCUT2D eigenvalue weighted by Crippen LogP contribution is 2.42. The Balaban J connectivity index is 2.00. The molecule has 0 unspecified atom stereocenters. The summed E-state index contributed by atoms with van der Waals surface area (Å²) in [6, 6.07) is 4.94.